The minimum Gasteiger partial charge on any atom is -0.291 e. The fourth-order valence-corrected chi connectivity index (χ4v) is 4.15. The minimum absolute atomic E-state index is 0.0766. The number of piperidine rings is 1. The molecule has 2 aliphatic heterocycles. The van der Waals surface area contributed by atoms with Crippen LogP contribution in [0, 0.1) is 5.92 Å². The van der Waals surface area contributed by atoms with E-state index < -0.39 is 0 Å². The Labute approximate surface area is 159 Å². The molecule has 0 aromatic heterocycles. The molecule has 2 aliphatic rings. The summed E-state index contributed by atoms with van der Waals surface area (Å²) in [5, 5.41) is 4.89. The second kappa shape index (κ2) is 7.68. The highest BCUT2D eigenvalue weighted by molar-refractivity contribution is 6.30. The number of halogens is 1. The summed E-state index contributed by atoms with van der Waals surface area (Å²) in [6.45, 7) is 3.39. The van der Waals surface area contributed by atoms with E-state index in [4.69, 9.17) is 11.6 Å². The van der Waals surface area contributed by atoms with Crippen molar-refractivity contribution in [2.45, 2.75) is 19.3 Å². The van der Waals surface area contributed by atoms with E-state index in [0.717, 1.165) is 44.7 Å². The zero-order chi connectivity index (χ0) is 17.9. The average Bonchev–Trinajstić information content (AvgIpc) is 3.05. The van der Waals surface area contributed by atoms with Gasteiger partial charge in [-0.25, -0.2) is 9.80 Å². The maximum Gasteiger partial charge on any atom is 0.339 e. The molecule has 0 saturated carbocycles. The summed E-state index contributed by atoms with van der Waals surface area (Å²) in [5.74, 6) is 0.600. The van der Waals surface area contributed by atoms with E-state index >= 15 is 0 Å². The summed E-state index contributed by atoms with van der Waals surface area (Å²) in [4.78, 5) is 14.8. The van der Waals surface area contributed by atoms with Crippen molar-refractivity contribution in [1.82, 2.24) is 10.0 Å². The number of hydrazine groups is 1. The third-order valence-corrected chi connectivity index (χ3v) is 5.58. The largest absolute Gasteiger partial charge is 0.339 e. The lowest BCUT2D eigenvalue weighted by Crippen LogP contribution is -2.50. The monoisotopic (exact) mass is 369 g/mol. The number of anilines is 1. The third-order valence-electron chi connectivity index (χ3n) is 5.33. The number of amides is 2. The van der Waals surface area contributed by atoms with Gasteiger partial charge in [-0.1, -0.05) is 41.9 Å². The Morgan fingerprint density at radius 1 is 0.962 bits per heavy atom. The molecule has 26 heavy (non-hydrogen) atoms. The molecular weight excluding hydrogens is 346 g/mol. The SMILES string of the molecule is O=C1N(c2ccc(Cl)cc2)CCN1N1CCC[C@H](Cc2ccccc2)C1. The maximum atomic E-state index is 12.9. The van der Waals surface area contributed by atoms with Crippen LogP contribution in [0.1, 0.15) is 18.4 Å². The van der Waals surface area contributed by atoms with E-state index in [0.29, 0.717) is 10.9 Å². The third kappa shape index (κ3) is 3.71. The van der Waals surface area contributed by atoms with Crippen LogP contribution in [0.5, 0.6) is 0 Å². The highest BCUT2D eigenvalue weighted by Gasteiger charge is 2.35. The number of rotatable bonds is 4. The second-order valence-corrected chi connectivity index (χ2v) is 7.58. The average molecular weight is 370 g/mol. The topological polar surface area (TPSA) is 26.8 Å². The van der Waals surface area contributed by atoms with E-state index in [1.54, 1.807) is 0 Å². The molecule has 5 heteroatoms. The van der Waals surface area contributed by atoms with Crippen LogP contribution >= 0.6 is 11.6 Å². The summed E-state index contributed by atoms with van der Waals surface area (Å²) in [5.41, 5.74) is 2.30. The molecule has 2 aromatic carbocycles. The van der Waals surface area contributed by atoms with Crippen LogP contribution in [0.25, 0.3) is 0 Å². The minimum atomic E-state index is 0.0766. The van der Waals surface area contributed by atoms with Crippen LogP contribution < -0.4 is 4.90 Å². The number of nitrogens with zero attached hydrogens (tertiary/aromatic N) is 3. The van der Waals surface area contributed by atoms with Gasteiger partial charge in [0, 0.05) is 30.3 Å². The quantitative estimate of drug-likeness (QED) is 0.795. The Kier molecular flexibility index (Phi) is 5.14. The van der Waals surface area contributed by atoms with Gasteiger partial charge in [-0.15, -0.1) is 0 Å². The first-order valence-electron chi connectivity index (χ1n) is 9.34. The van der Waals surface area contributed by atoms with Crippen molar-refractivity contribution in [2.75, 3.05) is 31.1 Å². The molecule has 1 atom stereocenters. The van der Waals surface area contributed by atoms with Crippen LogP contribution in [0.2, 0.25) is 5.02 Å². The molecule has 2 amide bonds. The molecule has 0 N–H and O–H groups in total. The van der Waals surface area contributed by atoms with Gasteiger partial charge in [0.1, 0.15) is 0 Å². The molecule has 2 fully saturated rings. The van der Waals surface area contributed by atoms with Gasteiger partial charge in [0.25, 0.3) is 0 Å². The lowest BCUT2D eigenvalue weighted by Gasteiger charge is -2.38. The van der Waals surface area contributed by atoms with Crippen molar-refractivity contribution in [2.24, 2.45) is 5.92 Å². The predicted octanol–water partition coefficient (Wildman–Crippen LogP) is 4.45. The van der Waals surface area contributed by atoms with Crippen molar-refractivity contribution in [3.63, 3.8) is 0 Å². The number of carbonyl (C=O) groups excluding carboxylic acids is 1. The van der Waals surface area contributed by atoms with Crippen LogP contribution in [0.3, 0.4) is 0 Å². The predicted molar refractivity (Wildman–Crippen MR) is 105 cm³/mol. The molecule has 2 heterocycles. The molecule has 4 nitrogen and oxygen atoms in total. The smallest absolute Gasteiger partial charge is 0.291 e. The Morgan fingerprint density at radius 2 is 1.73 bits per heavy atom. The number of benzene rings is 2. The number of urea groups is 1. The Morgan fingerprint density at radius 3 is 2.50 bits per heavy atom. The van der Waals surface area contributed by atoms with E-state index in [2.05, 4.69) is 35.3 Å². The van der Waals surface area contributed by atoms with Crippen LogP contribution in [0.4, 0.5) is 10.5 Å². The molecule has 2 aromatic rings. The van der Waals surface area contributed by atoms with Crippen LogP contribution in [-0.2, 0) is 6.42 Å². The van der Waals surface area contributed by atoms with Crippen molar-refractivity contribution in [3.05, 3.63) is 65.2 Å². The standard InChI is InChI=1S/C21H24ClN3O/c22-19-8-10-20(11-9-19)24-13-14-25(21(24)26)23-12-4-7-18(16-23)15-17-5-2-1-3-6-17/h1-3,5-6,8-11,18H,4,7,12-16H2/t18-/m1/s1. The molecular formula is C21H24ClN3O. The fourth-order valence-electron chi connectivity index (χ4n) is 4.02. The Hall–Kier alpha value is -2.04. The van der Waals surface area contributed by atoms with Gasteiger partial charge >= 0.3 is 6.03 Å². The van der Waals surface area contributed by atoms with Gasteiger partial charge in [-0.05, 0) is 55.0 Å². The van der Waals surface area contributed by atoms with Crippen LogP contribution in [0.15, 0.2) is 54.6 Å². The first-order chi connectivity index (χ1) is 12.7. The van der Waals surface area contributed by atoms with E-state index in [-0.39, 0.29) is 6.03 Å². The summed E-state index contributed by atoms with van der Waals surface area (Å²) in [6.07, 6.45) is 3.46. The maximum absolute atomic E-state index is 12.9. The van der Waals surface area contributed by atoms with Crippen LogP contribution in [-0.4, -0.2) is 42.2 Å². The lowest BCUT2D eigenvalue weighted by atomic mass is 9.92. The molecule has 2 saturated heterocycles. The van der Waals surface area contributed by atoms with Gasteiger partial charge in [0.2, 0.25) is 0 Å². The Bertz CT molecular complexity index is 750. The molecule has 0 aliphatic carbocycles. The fraction of sp³-hybridized carbons (Fsp3) is 0.381. The van der Waals surface area contributed by atoms with Gasteiger partial charge in [-0.2, -0.15) is 0 Å². The van der Waals surface area contributed by atoms with Gasteiger partial charge < -0.3 is 0 Å². The van der Waals surface area contributed by atoms with Crippen molar-refractivity contribution >= 4 is 23.3 Å². The highest BCUT2D eigenvalue weighted by Crippen LogP contribution is 2.27. The normalized spacial score (nSPS) is 21.4. The summed E-state index contributed by atoms with van der Waals surface area (Å²) < 4.78 is 0. The molecule has 4 rings (SSSR count). The Balaban J connectivity index is 1.41. The van der Waals surface area contributed by atoms with E-state index in [1.807, 2.05) is 34.2 Å². The summed E-state index contributed by atoms with van der Waals surface area (Å²) >= 11 is 5.97. The van der Waals surface area contributed by atoms with Gasteiger partial charge in [0.05, 0.1) is 6.54 Å². The summed E-state index contributed by atoms with van der Waals surface area (Å²) in [6, 6.07) is 18.2. The highest BCUT2D eigenvalue weighted by atomic mass is 35.5. The second-order valence-electron chi connectivity index (χ2n) is 7.14. The van der Waals surface area contributed by atoms with Crippen molar-refractivity contribution in [1.29, 1.82) is 0 Å². The van der Waals surface area contributed by atoms with Crippen molar-refractivity contribution in [3.8, 4) is 0 Å². The molecule has 0 spiro atoms. The van der Waals surface area contributed by atoms with E-state index in [9.17, 15) is 4.79 Å². The molecule has 0 unspecified atom stereocenters. The summed E-state index contributed by atoms with van der Waals surface area (Å²) in [7, 11) is 0. The first kappa shape index (κ1) is 17.4. The first-order valence-corrected chi connectivity index (χ1v) is 9.72. The zero-order valence-corrected chi connectivity index (χ0v) is 15.6. The number of hydrogen-bond donors (Lipinski definition) is 0. The molecule has 136 valence electrons. The number of carbonyl (C=O) groups is 1. The lowest BCUT2D eigenvalue weighted by molar-refractivity contribution is -0.00402. The molecule has 0 radical (unpaired) electrons. The molecule has 0 bridgehead atoms. The number of hydrogen-bond acceptors (Lipinski definition) is 2. The van der Waals surface area contributed by atoms with E-state index in [1.165, 1.54) is 12.0 Å². The van der Waals surface area contributed by atoms with Gasteiger partial charge in [0.15, 0.2) is 0 Å². The van der Waals surface area contributed by atoms with Gasteiger partial charge in [-0.3, -0.25) is 9.91 Å². The zero-order valence-electron chi connectivity index (χ0n) is 14.9. The van der Waals surface area contributed by atoms with Crippen molar-refractivity contribution < 1.29 is 4.79 Å².